The molecule has 0 saturated carbocycles. The molecule has 2 aromatic heterocycles. The van der Waals surface area contributed by atoms with Crippen molar-refractivity contribution in [2.24, 2.45) is 7.05 Å². The van der Waals surface area contributed by atoms with Crippen molar-refractivity contribution in [3.05, 3.63) is 50.1 Å². The van der Waals surface area contributed by atoms with Gasteiger partial charge in [-0.2, -0.15) is 4.98 Å². The number of anilines is 1. The number of hydrogen-bond acceptors (Lipinski definition) is 6. The fraction of sp³-hybridized carbons (Fsp3) is 0.450. The molecule has 1 fully saturated rings. The van der Waals surface area contributed by atoms with Crippen molar-refractivity contribution in [1.82, 2.24) is 19.1 Å². The van der Waals surface area contributed by atoms with Crippen LogP contribution in [0.25, 0.3) is 11.2 Å². The molecule has 160 valence electrons. The summed E-state index contributed by atoms with van der Waals surface area (Å²) in [5.74, 6) is 1.17. The highest BCUT2D eigenvalue weighted by atomic mass is 35.5. The van der Waals surface area contributed by atoms with Crippen molar-refractivity contribution in [1.29, 1.82) is 0 Å². The van der Waals surface area contributed by atoms with E-state index in [1.54, 1.807) is 35.9 Å². The highest BCUT2D eigenvalue weighted by Gasteiger charge is 2.24. The third-order valence-corrected chi connectivity index (χ3v) is 5.53. The first kappa shape index (κ1) is 20.5. The lowest BCUT2D eigenvalue weighted by Crippen LogP contribution is -2.34. The molecule has 0 aliphatic carbocycles. The van der Waals surface area contributed by atoms with Crippen molar-refractivity contribution in [2.75, 3.05) is 24.6 Å². The minimum Gasteiger partial charge on any atom is -0.491 e. The van der Waals surface area contributed by atoms with E-state index < -0.39 is 17.4 Å². The van der Waals surface area contributed by atoms with Gasteiger partial charge in [-0.3, -0.25) is 14.3 Å². The fourth-order valence-corrected chi connectivity index (χ4v) is 3.84. The van der Waals surface area contributed by atoms with E-state index in [1.807, 2.05) is 0 Å². The SMILES string of the molecule is Cn1c(=O)[nH]c(=O)c2c1nc(N1CCCCC1)n2C[C@H](O)COc1ccc(Cl)cc1. The molecule has 0 spiro atoms. The van der Waals surface area contributed by atoms with Crippen LogP contribution in [0.4, 0.5) is 5.95 Å². The van der Waals surface area contributed by atoms with Crippen LogP contribution >= 0.6 is 11.6 Å². The second kappa shape index (κ2) is 8.53. The molecule has 30 heavy (non-hydrogen) atoms. The number of hydrogen-bond donors (Lipinski definition) is 2. The van der Waals surface area contributed by atoms with E-state index in [4.69, 9.17) is 16.3 Å². The van der Waals surface area contributed by atoms with Crippen molar-refractivity contribution >= 4 is 28.7 Å². The minimum atomic E-state index is -0.891. The van der Waals surface area contributed by atoms with Crippen molar-refractivity contribution in [2.45, 2.75) is 31.9 Å². The molecule has 0 amide bonds. The number of nitrogens with one attached hydrogen (secondary N) is 1. The quantitative estimate of drug-likeness (QED) is 0.610. The summed E-state index contributed by atoms with van der Waals surface area (Å²) in [4.78, 5) is 33.6. The van der Waals surface area contributed by atoms with Crippen LogP contribution < -0.4 is 20.9 Å². The maximum atomic E-state index is 12.6. The molecule has 0 unspecified atom stereocenters. The number of piperidine rings is 1. The summed E-state index contributed by atoms with van der Waals surface area (Å²) in [5.41, 5.74) is -0.470. The average Bonchev–Trinajstić information content (AvgIpc) is 3.12. The Hall–Kier alpha value is -2.78. The van der Waals surface area contributed by atoms with Gasteiger partial charge in [-0.1, -0.05) is 11.6 Å². The lowest BCUT2D eigenvalue weighted by molar-refractivity contribution is 0.0936. The van der Waals surface area contributed by atoms with Crippen LogP contribution in [-0.4, -0.2) is 50.0 Å². The van der Waals surface area contributed by atoms with Crippen molar-refractivity contribution in [3.8, 4) is 5.75 Å². The molecular formula is C20H24ClN5O4. The van der Waals surface area contributed by atoms with E-state index in [0.717, 1.165) is 32.4 Å². The molecule has 10 heteroatoms. The summed E-state index contributed by atoms with van der Waals surface area (Å²) in [7, 11) is 1.57. The molecule has 9 nitrogen and oxygen atoms in total. The maximum Gasteiger partial charge on any atom is 0.329 e. The first-order valence-electron chi connectivity index (χ1n) is 9.95. The standard InChI is InChI=1S/C20H24ClN5O4/c1-24-17-16(18(28)23-20(24)29)26(19(22-17)25-9-3-2-4-10-25)11-14(27)12-30-15-7-5-13(21)6-8-15/h5-8,14,27H,2-4,9-12H2,1H3,(H,23,28,29)/t14-/m0/s1. The van der Waals surface area contributed by atoms with Crippen molar-refractivity contribution in [3.63, 3.8) is 0 Å². The van der Waals surface area contributed by atoms with Gasteiger partial charge < -0.3 is 19.3 Å². The first-order chi connectivity index (χ1) is 14.4. The Bertz CT molecular complexity index is 1140. The largest absolute Gasteiger partial charge is 0.491 e. The van der Waals surface area contributed by atoms with Crippen LogP contribution in [0.3, 0.4) is 0 Å². The van der Waals surface area contributed by atoms with Gasteiger partial charge in [-0.15, -0.1) is 0 Å². The molecule has 1 aromatic carbocycles. The van der Waals surface area contributed by atoms with Crippen LogP contribution in [0, 0.1) is 0 Å². The molecule has 0 radical (unpaired) electrons. The number of aromatic amines is 1. The number of H-pyrrole nitrogens is 1. The zero-order valence-electron chi connectivity index (χ0n) is 16.7. The molecule has 1 aliphatic heterocycles. The highest BCUT2D eigenvalue weighted by molar-refractivity contribution is 6.30. The Morgan fingerprint density at radius 2 is 1.90 bits per heavy atom. The summed E-state index contributed by atoms with van der Waals surface area (Å²) in [6, 6.07) is 6.87. The molecule has 4 rings (SSSR count). The third-order valence-electron chi connectivity index (χ3n) is 5.28. The van der Waals surface area contributed by atoms with Crippen LogP contribution in [-0.2, 0) is 13.6 Å². The Balaban J connectivity index is 1.65. The molecule has 0 bridgehead atoms. The zero-order chi connectivity index (χ0) is 21.3. The molecule has 1 atom stereocenters. The van der Waals surface area contributed by atoms with Gasteiger partial charge in [0.05, 0.1) is 6.54 Å². The second-order valence-electron chi connectivity index (χ2n) is 7.48. The normalized spacial score (nSPS) is 15.5. The van der Waals surface area contributed by atoms with Gasteiger partial charge in [0.2, 0.25) is 5.95 Å². The van der Waals surface area contributed by atoms with E-state index in [1.165, 1.54) is 4.57 Å². The van der Waals surface area contributed by atoms with Crippen LogP contribution in [0.2, 0.25) is 5.02 Å². The molecular weight excluding hydrogens is 410 g/mol. The van der Waals surface area contributed by atoms with Crippen LogP contribution in [0.1, 0.15) is 19.3 Å². The number of halogens is 1. The average molecular weight is 434 g/mol. The Morgan fingerprint density at radius 1 is 1.20 bits per heavy atom. The Labute approximate surface area is 177 Å². The van der Waals surface area contributed by atoms with Crippen LogP contribution in [0.5, 0.6) is 5.75 Å². The van der Waals surface area contributed by atoms with E-state index in [0.29, 0.717) is 22.4 Å². The van der Waals surface area contributed by atoms with Crippen LogP contribution in [0.15, 0.2) is 33.9 Å². The molecule has 1 saturated heterocycles. The summed E-state index contributed by atoms with van der Waals surface area (Å²) < 4.78 is 8.65. The van der Waals surface area contributed by atoms with E-state index in [2.05, 4.69) is 14.9 Å². The van der Waals surface area contributed by atoms with Gasteiger partial charge in [0.15, 0.2) is 11.2 Å². The Kier molecular flexibility index (Phi) is 5.83. The van der Waals surface area contributed by atoms with Gasteiger partial charge in [0.1, 0.15) is 18.5 Å². The number of ether oxygens (including phenoxy) is 1. The number of rotatable bonds is 6. The fourth-order valence-electron chi connectivity index (χ4n) is 3.72. The molecule has 1 aliphatic rings. The summed E-state index contributed by atoms with van der Waals surface area (Å²) in [5, 5.41) is 11.2. The summed E-state index contributed by atoms with van der Waals surface area (Å²) in [6.45, 7) is 1.76. The highest BCUT2D eigenvalue weighted by Crippen LogP contribution is 2.23. The molecule has 3 aromatic rings. The second-order valence-corrected chi connectivity index (χ2v) is 7.92. The lowest BCUT2D eigenvalue weighted by atomic mass is 10.1. The maximum absolute atomic E-state index is 12.6. The first-order valence-corrected chi connectivity index (χ1v) is 10.3. The predicted molar refractivity (Wildman–Crippen MR) is 115 cm³/mol. The number of aliphatic hydroxyl groups excluding tert-OH is 1. The van der Waals surface area contributed by atoms with Gasteiger partial charge in [-0.25, -0.2) is 4.79 Å². The summed E-state index contributed by atoms with van der Waals surface area (Å²) >= 11 is 5.88. The van der Waals surface area contributed by atoms with Crippen molar-refractivity contribution < 1.29 is 9.84 Å². The van der Waals surface area contributed by atoms with E-state index >= 15 is 0 Å². The topological polar surface area (TPSA) is 105 Å². The number of benzene rings is 1. The van der Waals surface area contributed by atoms with E-state index in [-0.39, 0.29) is 18.7 Å². The molecule has 3 heterocycles. The number of aliphatic hydroxyl groups is 1. The predicted octanol–water partition coefficient (Wildman–Crippen LogP) is 1.51. The summed E-state index contributed by atoms with van der Waals surface area (Å²) in [6.07, 6.45) is 2.31. The number of aromatic nitrogens is 4. The van der Waals surface area contributed by atoms with Gasteiger partial charge >= 0.3 is 5.69 Å². The Morgan fingerprint density at radius 3 is 2.60 bits per heavy atom. The monoisotopic (exact) mass is 433 g/mol. The minimum absolute atomic E-state index is 0.0322. The lowest BCUT2D eigenvalue weighted by Gasteiger charge is -2.28. The zero-order valence-corrected chi connectivity index (χ0v) is 17.4. The smallest absolute Gasteiger partial charge is 0.329 e. The third kappa shape index (κ3) is 4.08. The number of fused-ring (bicyclic) bond motifs is 1. The van der Waals surface area contributed by atoms with Gasteiger partial charge in [0.25, 0.3) is 5.56 Å². The number of nitrogens with zero attached hydrogens (tertiary/aromatic N) is 4. The van der Waals surface area contributed by atoms with Gasteiger partial charge in [-0.05, 0) is 43.5 Å². The van der Waals surface area contributed by atoms with Gasteiger partial charge in [0, 0.05) is 25.2 Å². The molecule has 2 N–H and O–H groups in total. The number of aryl methyl sites for hydroxylation is 1. The van der Waals surface area contributed by atoms with E-state index in [9.17, 15) is 14.7 Å². The number of imidazole rings is 1.